The molecule has 0 aromatic heterocycles. The second-order valence-electron chi connectivity index (χ2n) is 3.01. The van der Waals surface area contributed by atoms with Crippen LogP contribution in [0.5, 0.6) is 5.75 Å². The number of thiol groups is 1. The third-order valence-electron chi connectivity index (χ3n) is 1.85. The minimum Gasteiger partial charge on any atom is -0.494 e. The van der Waals surface area contributed by atoms with E-state index in [0.717, 1.165) is 5.75 Å². The van der Waals surface area contributed by atoms with Gasteiger partial charge in [0.25, 0.3) is 0 Å². The fourth-order valence-corrected chi connectivity index (χ4v) is 1.24. The quantitative estimate of drug-likeness (QED) is 0.749. The Morgan fingerprint density at radius 1 is 1.43 bits per heavy atom. The molecule has 0 saturated heterocycles. The number of hydrogen-bond donors (Lipinski definition) is 1. The van der Waals surface area contributed by atoms with Crippen molar-refractivity contribution in [1.82, 2.24) is 0 Å². The molecular weight excluding hydrogens is 200 g/mol. The van der Waals surface area contributed by atoms with Crippen molar-refractivity contribution in [2.45, 2.75) is 18.6 Å². The van der Waals surface area contributed by atoms with E-state index in [-0.39, 0.29) is 5.25 Å². The summed E-state index contributed by atoms with van der Waals surface area (Å²) in [5, 5.41) is -0.319. The van der Waals surface area contributed by atoms with Gasteiger partial charge in [0.05, 0.1) is 11.9 Å². The maximum atomic E-state index is 10.5. The van der Waals surface area contributed by atoms with Gasteiger partial charge in [-0.2, -0.15) is 0 Å². The summed E-state index contributed by atoms with van der Waals surface area (Å²) >= 11 is 0. The third kappa shape index (κ3) is 3.79. The van der Waals surface area contributed by atoms with Gasteiger partial charge in [0.1, 0.15) is 16.5 Å². The molecule has 1 rings (SSSR count). The molecule has 4 heteroatoms. The van der Waals surface area contributed by atoms with E-state index in [0.29, 0.717) is 13.0 Å². The smallest absolute Gasteiger partial charge is 0.142 e. The molecule has 0 fully saturated rings. The van der Waals surface area contributed by atoms with Crippen LogP contribution >= 0.6 is 0 Å². The first-order valence-electron chi connectivity index (χ1n) is 4.42. The van der Waals surface area contributed by atoms with Crippen molar-refractivity contribution in [3.05, 3.63) is 30.3 Å². The van der Waals surface area contributed by atoms with E-state index in [4.69, 9.17) is 4.74 Å². The molecule has 0 N–H and O–H groups in total. The van der Waals surface area contributed by atoms with Crippen LogP contribution in [-0.2, 0) is 10.7 Å². The van der Waals surface area contributed by atoms with Crippen LogP contribution in [-0.4, -0.2) is 20.3 Å². The van der Waals surface area contributed by atoms with E-state index >= 15 is 0 Å². The van der Waals surface area contributed by atoms with Gasteiger partial charge >= 0.3 is 0 Å². The Hall–Kier alpha value is -1.03. The predicted octanol–water partition coefficient (Wildman–Crippen LogP) is 1.26. The summed E-state index contributed by atoms with van der Waals surface area (Å²) in [4.78, 5) is 0. The molecule has 0 aliphatic rings. The molecule has 1 atom stereocenters. The Bertz CT molecular complexity index is 324. The van der Waals surface area contributed by atoms with Crippen molar-refractivity contribution in [2.24, 2.45) is 0 Å². The first-order valence-corrected chi connectivity index (χ1v) is 5.67. The van der Waals surface area contributed by atoms with E-state index in [2.05, 4.69) is 6.07 Å². The standard InChI is InChI=1S/C10H13O3S/c1-9(14(11)12)7-8-13-10-5-3-2-4-6-10/h3-6,9,14H,7-8H2,1H3. The SMILES string of the molecule is CC(CCOc1cc[c]cc1)[SH](=O)=O. The summed E-state index contributed by atoms with van der Waals surface area (Å²) < 4.78 is 26.4. The van der Waals surface area contributed by atoms with Crippen molar-refractivity contribution in [2.75, 3.05) is 6.61 Å². The average Bonchev–Trinajstić information content (AvgIpc) is 2.19. The summed E-state index contributed by atoms with van der Waals surface area (Å²) in [5.74, 6) is 0.747. The maximum absolute atomic E-state index is 10.5. The van der Waals surface area contributed by atoms with Gasteiger partial charge in [-0.25, -0.2) is 8.42 Å². The molecule has 0 spiro atoms. The zero-order valence-corrected chi connectivity index (χ0v) is 8.87. The highest BCUT2D eigenvalue weighted by atomic mass is 32.2. The molecule has 14 heavy (non-hydrogen) atoms. The lowest BCUT2D eigenvalue weighted by molar-refractivity contribution is 0.310. The summed E-state index contributed by atoms with van der Waals surface area (Å²) in [6.07, 6.45) is 0.525. The van der Waals surface area contributed by atoms with Gasteiger partial charge in [-0.1, -0.05) is 12.1 Å². The van der Waals surface area contributed by atoms with E-state index in [9.17, 15) is 8.42 Å². The van der Waals surface area contributed by atoms with Gasteiger partial charge in [0.2, 0.25) is 0 Å². The number of benzene rings is 1. The summed E-state index contributed by atoms with van der Waals surface area (Å²) in [5.41, 5.74) is 0. The Balaban J connectivity index is 2.29. The predicted molar refractivity (Wildman–Crippen MR) is 55.2 cm³/mol. The van der Waals surface area contributed by atoms with Gasteiger partial charge in [-0.15, -0.1) is 0 Å². The van der Waals surface area contributed by atoms with Crippen molar-refractivity contribution in [1.29, 1.82) is 0 Å². The Morgan fingerprint density at radius 3 is 2.64 bits per heavy atom. The van der Waals surface area contributed by atoms with Crippen LogP contribution in [0, 0.1) is 6.07 Å². The zero-order valence-electron chi connectivity index (χ0n) is 7.97. The van der Waals surface area contributed by atoms with Gasteiger partial charge in [0.15, 0.2) is 0 Å². The summed E-state index contributed by atoms with van der Waals surface area (Å²) in [6.45, 7) is 2.10. The van der Waals surface area contributed by atoms with E-state index in [1.807, 2.05) is 0 Å². The normalized spacial score (nSPS) is 12.7. The van der Waals surface area contributed by atoms with Crippen LogP contribution in [0.2, 0.25) is 0 Å². The van der Waals surface area contributed by atoms with Crippen molar-refractivity contribution in [3.8, 4) is 5.75 Å². The summed E-state index contributed by atoms with van der Waals surface area (Å²) in [6, 6.07) is 9.97. The van der Waals surface area contributed by atoms with E-state index < -0.39 is 10.7 Å². The van der Waals surface area contributed by atoms with Gasteiger partial charge in [-0.3, -0.25) is 0 Å². The molecule has 0 saturated carbocycles. The van der Waals surface area contributed by atoms with E-state index in [1.54, 1.807) is 31.2 Å². The van der Waals surface area contributed by atoms with Crippen LogP contribution in [0.4, 0.5) is 0 Å². The Morgan fingerprint density at radius 2 is 2.07 bits per heavy atom. The molecule has 0 amide bonds. The van der Waals surface area contributed by atoms with Crippen LogP contribution in [0.15, 0.2) is 24.3 Å². The van der Waals surface area contributed by atoms with Crippen molar-refractivity contribution in [3.63, 3.8) is 0 Å². The van der Waals surface area contributed by atoms with Crippen LogP contribution in [0.25, 0.3) is 0 Å². The lowest BCUT2D eigenvalue weighted by Crippen LogP contribution is -2.10. The highest BCUT2D eigenvalue weighted by Crippen LogP contribution is 2.08. The maximum Gasteiger partial charge on any atom is 0.142 e. The second-order valence-corrected chi connectivity index (χ2v) is 4.46. The molecule has 0 heterocycles. The Labute approximate surface area is 85.7 Å². The first-order chi connectivity index (χ1) is 6.70. The molecule has 0 aliphatic carbocycles. The number of hydrogen-bond acceptors (Lipinski definition) is 3. The largest absolute Gasteiger partial charge is 0.494 e. The molecule has 1 radical (unpaired) electrons. The minimum absolute atomic E-state index is 0.319. The topological polar surface area (TPSA) is 43.4 Å². The van der Waals surface area contributed by atoms with Gasteiger partial charge in [-0.05, 0) is 31.5 Å². The average molecular weight is 213 g/mol. The monoisotopic (exact) mass is 213 g/mol. The summed E-state index contributed by atoms with van der Waals surface area (Å²) in [7, 11) is -2.33. The number of rotatable bonds is 5. The molecule has 0 bridgehead atoms. The second kappa shape index (κ2) is 5.65. The fraction of sp³-hybridized carbons (Fsp3) is 0.400. The fourth-order valence-electron chi connectivity index (χ4n) is 0.921. The molecular formula is C10H13O3S. The number of ether oxygens (including phenoxy) is 1. The minimum atomic E-state index is -2.33. The van der Waals surface area contributed by atoms with Crippen LogP contribution in [0.3, 0.4) is 0 Å². The molecule has 3 nitrogen and oxygen atoms in total. The van der Waals surface area contributed by atoms with Crippen LogP contribution in [0.1, 0.15) is 13.3 Å². The highest BCUT2D eigenvalue weighted by Gasteiger charge is 2.03. The zero-order chi connectivity index (χ0) is 10.4. The Kier molecular flexibility index (Phi) is 4.46. The van der Waals surface area contributed by atoms with Crippen LogP contribution < -0.4 is 4.74 Å². The first kappa shape index (κ1) is 11.0. The lowest BCUT2D eigenvalue weighted by Gasteiger charge is -2.06. The molecule has 1 unspecified atom stereocenters. The highest BCUT2D eigenvalue weighted by molar-refractivity contribution is 7.73. The molecule has 77 valence electrons. The molecule has 1 aromatic rings. The lowest BCUT2D eigenvalue weighted by atomic mass is 10.3. The van der Waals surface area contributed by atoms with E-state index in [1.165, 1.54) is 0 Å². The van der Waals surface area contributed by atoms with Crippen molar-refractivity contribution >= 4 is 10.7 Å². The van der Waals surface area contributed by atoms with Gasteiger partial charge in [0, 0.05) is 0 Å². The van der Waals surface area contributed by atoms with Crippen molar-refractivity contribution < 1.29 is 13.2 Å². The molecule has 1 aromatic carbocycles. The van der Waals surface area contributed by atoms with Gasteiger partial charge < -0.3 is 4.74 Å². The third-order valence-corrected chi connectivity index (χ3v) is 2.83. The molecule has 0 aliphatic heterocycles.